The van der Waals surface area contributed by atoms with Crippen molar-refractivity contribution in [3.63, 3.8) is 0 Å². The van der Waals surface area contributed by atoms with Crippen molar-refractivity contribution >= 4 is 5.69 Å². The van der Waals surface area contributed by atoms with Crippen LogP contribution >= 0.6 is 0 Å². The molecule has 2 aliphatic rings. The lowest BCUT2D eigenvalue weighted by Gasteiger charge is -2.26. The van der Waals surface area contributed by atoms with E-state index in [0.29, 0.717) is 6.04 Å². The number of para-hydroxylation sites is 1. The highest BCUT2D eigenvalue weighted by Crippen LogP contribution is 2.39. The predicted molar refractivity (Wildman–Crippen MR) is 79.5 cm³/mol. The first-order valence-corrected chi connectivity index (χ1v) is 7.34. The van der Waals surface area contributed by atoms with Gasteiger partial charge < -0.3 is 5.32 Å². The maximum Gasteiger partial charge on any atom is 0.0555 e. The second-order valence-corrected chi connectivity index (χ2v) is 5.86. The van der Waals surface area contributed by atoms with Gasteiger partial charge in [0.05, 0.1) is 6.04 Å². The molecule has 2 aromatic carbocycles. The highest BCUT2D eigenvalue weighted by atomic mass is 14.9. The van der Waals surface area contributed by atoms with Gasteiger partial charge in [0.25, 0.3) is 0 Å². The maximum atomic E-state index is 3.65. The highest BCUT2D eigenvalue weighted by molar-refractivity contribution is 5.58. The molecule has 1 atom stereocenters. The van der Waals surface area contributed by atoms with Gasteiger partial charge >= 0.3 is 0 Å². The molecule has 1 fully saturated rings. The quantitative estimate of drug-likeness (QED) is 0.816. The van der Waals surface area contributed by atoms with Gasteiger partial charge in [-0.15, -0.1) is 0 Å². The van der Waals surface area contributed by atoms with E-state index in [1.807, 2.05) is 0 Å². The molecule has 96 valence electrons. The Labute approximate surface area is 114 Å². The zero-order chi connectivity index (χ0) is 12.7. The standard InChI is InChI=1S/C18H19N/c1-2-10-17-16(5-1)12-18(19-17)15-9-4-8-14(11-15)13-6-3-7-13/h1-2,4-5,8-11,13,18-19H,3,6-7,12H2. The lowest BCUT2D eigenvalue weighted by Crippen LogP contribution is -2.11. The van der Waals surface area contributed by atoms with Crippen LogP contribution in [0.15, 0.2) is 48.5 Å². The number of nitrogens with one attached hydrogen (secondary N) is 1. The number of rotatable bonds is 2. The fourth-order valence-electron chi connectivity index (χ4n) is 3.27. The third-order valence-electron chi connectivity index (χ3n) is 4.66. The molecular weight excluding hydrogens is 230 g/mol. The Morgan fingerprint density at radius 3 is 2.53 bits per heavy atom. The molecule has 2 aromatic rings. The Kier molecular flexibility index (Phi) is 2.58. The van der Waals surface area contributed by atoms with Gasteiger partial charge in [-0.2, -0.15) is 0 Å². The summed E-state index contributed by atoms with van der Waals surface area (Å²) in [5, 5.41) is 3.65. The number of benzene rings is 2. The first-order chi connectivity index (χ1) is 9.40. The largest absolute Gasteiger partial charge is 0.378 e. The number of anilines is 1. The zero-order valence-corrected chi connectivity index (χ0v) is 11.1. The van der Waals surface area contributed by atoms with Gasteiger partial charge in [0.15, 0.2) is 0 Å². The van der Waals surface area contributed by atoms with E-state index in [9.17, 15) is 0 Å². The lowest BCUT2D eigenvalue weighted by molar-refractivity contribution is 0.419. The summed E-state index contributed by atoms with van der Waals surface area (Å²) in [6.45, 7) is 0. The Hall–Kier alpha value is -1.76. The van der Waals surface area contributed by atoms with E-state index >= 15 is 0 Å². The minimum absolute atomic E-state index is 0.456. The fraction of sp³-hybridized carbons (Fsp3) is 0.333. The summed E-state index contributed by atoms with van der Waals surface area (Å²) in [5.74, 6) is 0.823. The van der Waals surface area contributed by atoms with Gasteiger partial charge in [0.2, 0.25) is 0 Å². The Balaban J connectivity index is 1.60. The summed E-state index contributed by atoms with van der Waals surface area (Å²) >= 11 is 0. The van der Waals surface area contributed by atoms with Crippen molar-refractivity contribution in [3.8, 4) is 0 Å². The smallest absolute Gasteiger partial charge is 0.0555 e. The van der Waals surface area contributed by atoms with E-state index in [2.05, 4.69) is 53.8 Å². The number of hydrogen-bond donors (Lipinski definition) is 1. The molecule has 1 N–H and O–H groups in total. The van der Waals surface area contributed by atoms with Crippen LogP contribution in [-0.2, 0) is 6.42 Å². The first-order valence-electron chi connectivity index (χ1n) is 7.34. The van der Waals surface area contributed by atoms with Crippen molar-refractivity contribution in [2.45, 2.75) is 37.6 Å². The molecule has 1 nitrogen and oxygen atoms in total. The second-order valence-electron chi connectivity index (χ2n) is 5.86. The molecule has 0 saturated heterocycles. The van der Waals surface area contributed by atoms with E-state index in [4.69, 9.17) is 0 Å². The SMILES string of the molecule is c1cc(C2CCC2)cc(C2Cc3ccccc3N2)c1. The van der Waals surface area contributed by atoms with Crippen LogP contribution in [0.25, 0.3) is 0 Å². The fourth-order valence-corrected chi connectivity index (χ4v) is 3.27. The lowest BCUT2D eigenvalue weighted by atomic mass is 9.79. The molecule has 1 aliphatic carbocycles. The minimum atomic E-state index is 0.456. The first kappa shape index (κ1) is 11.1. The van der Waals surface area contributed by atoms with Gasteiger partial charge in [-0.1, -0.05) is 48.9 Å². The maximum absolute atomic E-state index is 3.65. The van der Waals surface area contributed by atoms with Crippen molar-refractivity contribution in [1.29, 1.82) is 0 Å². The van der Waals surface area contributed by atoms with Gasteiger partial charge in [0, 0.05) is 5.69 Å². The van der Waals surface area contributed by atoms with E-state index < -0.39 is 0 Å². The predicted octanol–water partition coefficient (Wildman–Crippen LogP) is 4.66. The molecule has 19 heavy (non-hydrogen) atoms. The summed E-state index contributed by atoms with van der Waals surface area (Å²) in [7, 11) is 0. The average molecular weight is 249 g/mol. The third-order valence-corrected chi connectivity index (χ3v) is 4.66. The van der Waals surface area contributed by atoms with Crippen LogP contribution in [0.4, 0.5) is 5.69 Å². The molecule has 1 heterocycles. The van der Waals surface area contributed by atoms with Crippen LogP contribution in [0.2, 0.25) is 0 Å². The molecule has 1 unspecified atom stereocenters. The van der Waals surface area contributed by atoms with E-state index in [0.717, 1.165) is 12.3 Å². The van der Waals surface area contributed by atoms with Crippen LogP contribution in [0.5, 0.6) is 0 Å². The zero-order valence-electron chi connectivity index (χ0n) is 11.1. The summed E-state index contributed by atoms with van der Waals surface area (Å²) < 4.78 is 0. The van der Waals surface area contributed by atoms with Crippen LogP contribution < -0.4 is 5.32 Å². The third kappa shape index (κ3) is 1.94. The molecular formula is C18H19N. The summed E-state index contributed by atoms with van der Waals surface area (Å²) in [5.41, 5.74) is 5.74. The van der Waals surface area contributed by atoms with Gasteiger partial charge in [-0.05, 0) is 47.9 Å². The Bertz CT molecular complexity index is 573. The molecule has 0 bridgehead atoms. The Morgan fingerprint density at radius 2 is 1.74 bits per heavy atom. The van der Waals surface area contributed by atoms with E-state index in [1.54, 1.807) is 5.56 Å². The van der Waals surface area contributed by atoms with Gasteiger partial charge in [-0.25, -0.2) is 0 Å². The van der Waals surface area contributed by atoms with Crippen LogP contribution in [-0.4, -0.2) is 0 Å². The van der Waals surface area contributed by atoms with Gasteiger partial charge in [0.1, 0.15) is 0 Å². The molecule has 4 rings (SSSR count). The van der Waals surface area contributed by atoms with Crippen molar-refractivity contribution in [2.75, 3.05) is 5.32 Å². The molecule has 0 aromatic heterocycles. The molecule has 0 spiro atoms. The minimum Gasteiger partial charge on any atom is -0.378 e. The van der Waals surface area contributed by atoms with Crippen LogP contribution in [0.3, 0.4) is 0 Å². The Morgan fingerprint density at radius 1 is 0.895 bits per heavy atom. The van der Waals surface area contributed by atoms with Crippen molar-refractivity contribution in [2.24, 2.45) is 0 Å². The molecule has 0 amide bonds. The molecule has 1 saturated carbocycles. The summed E-state index contributed by atoms with van der Waals surface area (Å²) in [4.78, 5) is 0. The number of hydrogen-bond acceptors (Lipinski definition) is 1. The van der Waals surface area contributed by atoms with Crippen molar-refractivity contribution in [1.82, 2.24) is 0 Å². The second kappa shape index (κ2) is 4.41. The molecule has 1 heteroatoms. The summed E-state index contributed by atoms with van der Waals surface area (Å²) in [6.07, 6.45) is 5.27. The number of fused-ring (bicyclic) bond motifs is 1. The molecule has 1 aliphatic heterocycles. The summed E-state index contributed by atoms with van der Waals surface area (Å²) in [6, 6.07) is 18.3. The van der Waals surface area contributed by atoms with E-state index in [-0.39, 0.29) is 0 Å². The van der Waals surface area contributed by atoms with Crippen LogP contribution in [0.1, 0.15) is 47.9 Å². The highest BCUT2D eigenvalue weighted by Gasteiger charge is 2.24. The van der Waals surface area contributed by atoms with Gasteiger partial charge in [-0.3, -0.25) is 0 Å². The normalized spacial score (nSPS) is 21.6. The van der Waals surface area contributed by atoms with Crippen molar-refractivity contribution in [3.05, 3.63) is 65.2 Å². The monoisotopic (exact) mass is 249 g/mol. The molecule has 0 radical (unpaired) electrons. The topological polar surface area (TPSA) is 12.0 Å². The van der Waals surface area contributed by atoms with Crippen molar-refractivity contribution < 1.29 is 0 Å². The van der Waals surface area contributed by atoms with E-state index in [1.165, 1.54) is 36.1 Å². The average Bonchev–Trinajstić information content (AvgIpc) is 2.81. The van der Waals surface area contributed by atoms with Crippen LogP contribution in [0, 0.1) is 0 Å².